The number of carbonyl (C=O) groups is 6. The van der Waals surface area contributed by atoms with Crippen LogP contribution in [-0.2, 0) is 48.3 Å². The minimum absolute atomic E-state index is 0.0194. The molecule has 0 bridgehead atoms. The molecule has 87 heavy (non-hydrogen) atoms. The normalized spacial score (nSPS) is 14.8. The van der Waals surface area contributed by atoms with E-state index in [4.69, 9.17) is 23.7 Å². The van der Waals surface area contributed by atoms with Gasteiger partial charge in [-0.05, 0) is 130 Å². The summed E-state index contributed by atoms with van der Waals surface area (Å²) < 4.78 is 31.3. The second-order valence-electron chi connectivity index (χ2n) is 23.6. The number of carbonyl (C=O) groups excluding carboxylic acids is 6. The highest BCUT2D eigenvalue weighted by molar-refractivity contribution is 6.01. The molecule has 6 N–H and O–H groups in total. The van der Waals surface area contributed by atoms with Crippen molar-refractivity contribution in [2.45, 2.75) is 124 Å². The van der Waals surface area contributed by atoms with Crippen molar-refractivity contribution < 1.29 is 52.5 Å². The zero-order valence-corrected chi connectivity index (χ0v) is 50.3. The van der Waals surface area contributed by atoms with E-state index in [1.807, 2.05) is 38.1 Å². The monoisotopic (exact) mass is 1200 g/mol. The number of methoxy groups -OCH3 is 1. The number of hydrogen-bond acceptors (Lipinski definition) is 16. The molecule has 1 saturated heterocycles. The third-order valence-electron chi connectivity index (χ3n) is 15.4. The molecule has 1 aliphatic heterocycles. The van der Waals surface area contributed by atoms with Crippen molar-refractivity contribution in [1.29, 1.82) is 0 Å². The predicted octanol–water partition coefficient (Wildman–Crippen LogP) is 6.54. The Hall–Kier alpha value is -8.71. The number of H-pyrrole nitrogens is 1. The summed E-state index contributed by atoms with van der Waals surface area (Å²) >= 11 is 0. The van der Waals surface area contributed by atoms with Crippen molar-refractivity contribution >= 4 is 41.3 Å². The Kier molecular flexibility index (Phi) is 21.4. The van der Waals surface area contributed by atoms with Crippen molar-refractivity contribution in [3.8, 4) is 28.5 Å². The number of rotatable bonds is 32. The molecule has 2 aromatic carbocycles. The molecule has 0 radical (unpaired) electrons. The molecule has 25 nitrogen and oxygen atoms in total. The summed E-state index contributed by atoms with van der Waals surface area (Å²) in [6.07, 6.45) is 10.9. The van der Waals surface area contributed by atoms with Gasteiger partial charge in [0.15, 0.2) is 0 Å². The molecule has 25 heteroatoms. The Labute approximate surface area is 505 Å². The number of esters is 1. The lowest BCUT2D eigenvalue weighted by atomic mass is 9.88. The Morgan fingerprint density at radius 3 is 2.28 bits per heavy atom. The van der Waals surface area contributed by atoms with Crippen LogP contribution in [0.3, 0.4) is 0 Å². The molecule has 5 heterocycles. The molecule has 2 saturated carbocycles. The van der Waals surface area contributed by atoms with Gasteiger partial charge in [0.1, 0.15) is 47.6 Å². The van der Waals surface area contributed by atoms with Gasteiger partial charge >= 0.3 is 12.0 Å². The minimum Gasteiger partial charge on any atom is -0.487 e. The lowest BCUT2D eigenvalue weighted by Gasteiger charge is -2.38. The van der Waals surface area contributed by atoms with Crippen LogP contribution in [0, 0.1) is 37.0 Å². The molecule has 3 fully saturated rings. The third kappa shape index (κ3) is 18.4. The van der Waals surface area contributed by atoms with Gasteiger partial charge in [-0.15, -0.1) is 5.10 Å². The summed E-state index contributed by atoms with van der Waals surface area (Å²) in [5.74, 6) is 0.355. The highest BCUT2D eigenvalue weighted by Crippen LogP contribution is 2.51. The van der Waals surface area contributed by atoms with Crippen LogP contribution in [0.25, 0.3) is 11.1 Å². The molecule has 2 aliphatic carbocycles. The van der Waals surface area contributed by atoms with E-state index in [2.05, 4.69) is 77.9 Å². The molecule has 0 unspecified atom stereocenters. The second kappa shape index (κ2) is 29.6. The van der Waals surface area contributed by atoms with Crippen molar-refractivity contribution in [2.24, 2.45) is 23.2 Å². The summed E-state index contributed by atoms with van der Waals surface area (Å²) in [4.78, 5) is 84.7. The lowest BCUT2D eigenvalue weighted by molar-refractivity contribution is -0.143. The van der Waals surface area contributed by atoms with Gasteiger partial charge in [-0.1, -0.05) is 44.2 Å². The summed E-state index contributed by atoms with van der Waals surface area (Å²) in [5, 5.41) is 34.6. The van der Waals surface area contributed by atoms with Crippen LogP contribution in [0.4, 0.5) is 10.5 Å². The van der Waals surface area contributed by atoms with E-state index in [1.54, 1.807) is 64.4 Å². The fourth-order valence-electron chi connectivity index (χ4n) is 10.5. The fraction of sp³-hybridized carbons (Fsp3) is 0.500. The third-order valence-corrected chi connectivity index (χ3v) is 15.4. The molecule has 6 aromatic rings. The number of anilines is 1. The van der Waals surface area contributed by atoms with Gasteiger partial charge in [0.25, 0.3) is 11.8 Å². The Bertz CT molecular complexity index is 3260. The van der Waals surface area contributed by atoms with Gasteiger partial charge in [0, 0.05) is 67.7 Å². The molecular formula is C62H80N14O11. The molecule has 4 aromatic heterocycles. The predicted molar refractivity (Wildman–Crippen MR) is 319 cm³/mol. The van der Waals surface area contributed by atoms with E-state index in [-0.39, 0.29) is 65.8 Å². The molecule has 6 amide bonds. The van der Waals surface area contributed by atoms with Crippen LogP contribution in [0.5, 0.6) is 17.4 Å². The zero-order chi connectivity index (χ0) is 61.5. The largest absolute Gasteiger partial charge is 0.487 e. The topological polar surface area (TPSA) is 302 Å². The van der Waals surface area contributed by atoms with Gasteiger partial charge < -0.3 is 55.2 Å². The average Bonchev–Trinajstić information content (AvgIpc) is 2.29. The number of aromatic nitrogens is 8. The van der Waals surface area contributed by atoms with Gasteiger partial charge in [-0.2, -0.15) is 10.2 Å². The summed E-state index contributed by atoms with van der Waals surface area (Å²) in [6, 6.07) is 17.9. The van der Waals surface area contributed by atoms with E-state index in [1.165, 1.54) is 18.0 Å². The van der Waals surface area contributed by atoms with Gasteiger partial charge in [0.2, 0.25) is 17.7 Å². The Morgan fingerprint density at radius 1 is 0.828 bits per heavy atom. The average molecular weight is 1200 g/mol. The van der Waals surface area contributed by atoms with Crippen LogP contribution in [0.2, 0.25) is 0 Å². The smallest absolute Gasteiger partial charge is 0.328 e. The zero-order valence-electron chi connectivity index (χ0n) is 50.3. The Balaban J connectivity index is 0.600. The molecule has 464 valence electrons. The quantitative estimate of drug-likeness (QED) is 0.0193. The van der Waals surface area contributed by atoms with Crippen molar-refractivity contribution in [3.63, 3.8) is 0 Å². The van der Waals surface area contributed by atoms with E-state index >= 15 is 0 Å². The maximum absolute atomic E-state index is 14.0. The fourth-order valence-corrected chi connectivity index (χ4v) is 10.5. The van der Waals surface area contributed by atoms with Gasteiger partial charge in [0.05, 0.1) is 57.5 Å². The first-order valence-corrected chi connectivity index (χ1v) is 29.9. The van der Waals surface area contributed by atoms with Crippen LogP contribution in [-0.4, -0.2) is 152 Å². The molecule has 2 atom stereocenters. The molecule has 0 spiro atoms. The summed E-state index contributed by atoms with van der Waals surface area (Å²) in [7, 11) is 1.30. The van der Waals surface area contributed by atoms with Crippen LogP contribution < -0.4 is 36.1 Å². The van der Waals surface area contributed by atoms with E-state index in [0.717, 1.165) is 48.2 Å². The van der Waals surface area contributed by atoms with Crippen molar-refractivity contribution in [2.75, 3.05) is 58.4 Å². The number of pyridine rings is 1. The highest BCUT2D eigenvalue weighted by atomic mass is 16.5. The number of amides is 6. The molecule has 3 aliphatic rings. The second-order valence-corrected chi connectivity index (χ2v) is 23.6. The highest BCUT2D eigenvalue weighted by Gasteiger charge is 2.48. The standard InChI is InChI=1S/C62H80N14O11/c1-39-54(40(2)71-70-39)41-16-19-45(20-17-41)67-59(80)56(55(42-12-13-42)43-14-15-43)69-58(79)51-23-27-66-76(51)28-8-25-63-52(77)37-75-34-46(72-73-75)38-85-31-30-84-29-9-26-64-61(82)74-35-49(36-74)86-47-10-7-11-48(32-47)87-53-21-18-44(33-65-53)57(78)68-50(60(81)83-6)22-24-62(3,4)5/h7,10-11,16-21,23,27,32-34,42-43,49-50,55-56H,8-9,12-15,22,24-26,28-31,35-38H2,1-6H3,(H,63,77)(H,64,82)(H,67,80)(H,68,78)(H,69,79)(H,70,71)/t50-,56-/m0/s1. The van der Waals surface area contributed by atoms with Crippen LogP contribution in [0.15, 0.2) is 85.3 Å². The lowest BCUT2D eigenvalue weighted by Crippen LogP contribution is -2.59. The summed E-state index contributed by atoms with van der Waals surface area (Å²) in [6.45, 7) is 13.3. The number of nitrogens with one attached hydrogen (secondary N) is 6. The van der Waals surface area contributed by atoms with E-state index < -0.39 is 24.0 Å². The van der Waals surface area contributed by atoms with Crippen molar-refractivity contribution in [1.82, 2.24) is 66.1 Å². The number of hydrogen-bond donors (Lipinski definition) is 6. The van der Waals surface area contributed by atoms with E-state index in [0.29, 0.717) is 119 Å². The number of nitrogens with zero attached hydrogens (tertiary/aromatic N) is 8. The number of likely N-dealkylation sites (tertiary alicyclic amines) is 1. The van der Waals surface area contributed by atoms with Crippen LogP contribution in [0.1, 0.15) is 110 Å². The summed E-state index contributed by atoms with van der Waals surface area (Å²) in [5.41, 5.74) is 5.71. The van der Waals surface area contributed by atoms with Crippen LogP contribution >= 0.6 is 0 Å². The first-order valence-electron chi connectivity index (χ1n) is 29.9. The number of benzene rings is 2. The first kappa shape index (κ1) is 62.8. The maximum Gasteiger partial charge on any atom is 0.328 e. The Morgan fingerprint density at radius 2 is 1.57 bits per heavy atom. The van der Waals surface area contributed by atoms with Gasteiger partial charge in [-0.3, -0.25) is 29.0 Å². The first-order chi connectivity index (χ1) is 42.0. The minimum atomic E-state index is -0.777. The van der Waals surface area contributed by atoms with Gasteiger partial charge in [-0.25, -0.2) is 19.3 Å². The number of aryl methyl sites for hydroxylation is 3. The number of aromatic amines is 1. The van der Waals surface area contributed by atoms with E-state index in [9.17, 15) is 28.8 Å². The maximum atomic E-state index is 14.0. The molecular weight excluding hydrogens is 1120 g/mol. The molecule has 9 rings (SSSR count). The van der Waals surface area contributed by atoms with Crippen molar-refractivity contribution in [3.05, 3.63) is 114 Å². The SMILES string of the molecule is COC(=O)[C@H](CCC(C)(C)C)NC(=O)c1ccc(Oc2cccc(OC3CN(C(=O)NCCCOCCOCc4cn(CC(=O)NCCCn5nccc5C(=O)N[C@H](C(=O)Nc5ccc(-c6c(C)n[nH]c6C)cc5)C(C5CC5)C5CC5)nn4)C3)c2)nc1. The number of ether oxygens (including phenoxy) is 5. The number of urea groups is 1.